The first kappa shape index (κ1) is 16.2. The summed E-state index contributed by atoms with van der Waals surface area (Å²) in [6.45, 7) is 4.52. The quantitative estimate of drug-likeness (QED) is 0.835. The number of aliphatic imine (C=N–C) groups is 2. The third-order valence-corrected chi connectivity index (χ3v) is 6.01. The molecule has 4 aliphatic rings. The predicted molar refractivity (Wildman–Crippen MR) is 104 cm³/mol. The van der Waals surface area contributed by atoms with Crippen molar-refractivity contribution in [3.05, 3.63) is 35.6 Å². The SMILES string of the molecule is CSC1=N[C@@](C)(N2CCCCC2)C2N=C(C3=CCCC=C3)C=C2N1. The molecule has 128 valence electrons. The summed E-state index contributed by atoms with van der Waals surface area (Å²) in [5.74, 6) is 0. The summed E-state index contributed by atoms with van der Waals surface area (Å²) in [6.07, 6.45) is 17.2. The first-order chi connectivity index (χ1) is 11.7. The van der Waals surface area contributed by atoms with Crippen LogP contribution in [0.2, 0.25) is 0 Å². The van der Waals surface area contributed by atoms with Crippen LogP contribution in [-0.2, 0) is 0 Å². The fraction of sp³-hybridized carbons (Fsp3) is 0.579. The molecule has 0 spiro atoms. The van der Waals surface area contributed by atoms with Gasteiger partial charge in [-0.05, 0) is 50.5 Å². The van der Waals surface area contributed by atoms with Gasteiger partial charge in [-0.25, -0.2) is 4.99 Å². The number of likely N-dealkylation sites (tertiary alicyclic amines) is 1. The van der Waals surface area contributed by atoms with Gasteiger partial charge in [-0.2, -0.15) is 0 Å². The molecule has 3 heterocycles. The van der Waals surface area contributed by atoms with Gasteiger partial charge in [0, 0.05) is 18.8 Å². The summed E-state index contributed by atoms with van der Waals surface area (Å²) in [4.78, 5) is 12.7. The van der Waals surface area contributed by atoms with Crippen LogP contribution in [0.1, 0.15) is 39.0 Å². The molecule has 1 fully saturated rings. The lowest BCUT2D eigenvalue weighted by atomic mass is 9.95. The third kappa shape index (κ3) is 2.78. The number of nitrogens with zero attached hydrogens (tertiary/aromatic N) is 3. The van der Waals surface area contributed by atoms with Gasteiger partial charge < -0.3 is 5.32 Å². The van der Waals surface area contributed by atoms with E-state index in [0.29, 0.717) is 0 Å². The number of rotatable bonds is 2. The molecule has 1 unspecified atom stereocenters. The summed E-state index contributed by atoms with van der Waals surface area (Å²) in [6, 6.07) is 0.0812. The Hall–Kier alpha value is -1.33. The number of hydrogen-bond donors (Lipinski definition) is 1. The molecular formula is C19H26N4S. The molecule has 1 aliphatic carbocycles. The van der Waals surface area contributed by atoms with Gasteiger partial charge in [0.1, 0.15) is 11.7 Å². The van der Waals surface area contributed by atoms with Crippen LogP contribution in [0.4, 0.5) is 0 Å². The fourth-order valence-electron chi connectivity index (χ4n) is 4.06. The zero-order valence-corrected chi connectivity index (χ0v) is 15.4. The molecule has 1 N–H and O–H groups in total. The van der Waals surface area contributed by atoms with Gasteiger partial charge in [-0.3, -0.25) is 9.89 Å². The van der Waals surface area contributed by atoms with Crippen LogP contribution in [0.3, 0.4) is 0 Å². The highest BCUT2D eigenvalue weighted by atomic mass is 32.2. The maximum absolute atomic E-state index is 5.11. The molecule has 2 atom stereocenters. The molecule has 1 saturated heterocycles. The van der Waals surface area contributed by atoms with Crippen LogP contribution < -0.4 is 5.32 Å². The Labute approximate surface area is 148 Å². The van der Waals surface area contributed by atoms with Gasteiger partial charge in [0.05, 0.1) is 5.71 Å². The predicted octanol–water partition coefficient (Wildman–Crippen LogP) is 3.49. The standard InChI is InChI=1S/C19H26N4S/c1-19(23-11-7-4-8-12-23)17-16(21-18(22-19)24-2)13-15(20-17)14-9-5-3-6-10-14/h5,9-10,13,17H,3-4,6-8,11-12H2,1-2H3,(H,21,22)/t17?,19-/m0/s1. The second-order valence-corrected chi connectivity index (χ2v) is 7.84. The smallest absolute Gasteiger partial charge is 0.162 e. The lowest BCUT2D eigenvalue weighted by Crippen LogP contribution is -2.59. The maximum Gasteiger partial charge on any atom is 0.162 e. The normalized spacial score (nSPS) is 33.2. The van der Waals surface area contributed by atoms with Gasteiger partial charge in [0.25, 0.3) is 0 Å². The van der Waals surface area contributed by atoms with Gasteiger partial charge in [0.15, 0.2) is 5.17 Å². The molecule has 4 rings (SSSR count). The van der Waals surface area contributed by atoms with Crippen molar-refractivity contribution in [2.75, 3.05) is 19.3 Å². The van der Waals surface area contributed by atoms with E-state index in [1.807, 2.05) is 0 Å². The van der Waals surface area contributed by atoms with Crippen molar-refractivity contribution in [2.45, 2.75) is 50.7 Å². The van der Waals surface area contributed by atoms with E-state index in [4.69, 9.17) is 9.98 Å². The van der Waals surface area contributed by atoms with E-state index in [1.165, 1.54) is 30.5 Å². The van der Waals surface area contributed by atoms with Crippen LogP contribution in [0.15, 0.2) is 45.6 Å². The zero-order chi connectivity index (χ0) is 16.6. The van der Waals surface area contributed by atoms with Crippen molar-refractivity contribution < 1.29 is 0 Å². The zero-order valence-electron chi connectivity index (χ0n) is 14.6. The van der Waals surface area contributed by atoms with E-state index >= 15 is 0 Å². The second kappa shape index (κ2) is 6.52. The fourth-order valence-corrected chi connectivity index (χ4v) is 4.56. The number of nitrogens with one attached hydrogen (secondary N) is 1. The Morgan fingerprint density at radius 2 is 2.08 bits per heavy atom. The minimum Gasteiger partial charge on any atom is -0.336 e. The van der Waals surface area contributed by atoms with E-state index in [1.54, 1.807) is 11.8 Å². The lowest BCUT2D eigenvalue weighted by molar-refractivity contribution is 0.0719. The van der Waals surface area contributed by atoms with Crippen molar-refractivity contribution in [1.82, 2.24) is 10.2 Å². The number of thioether (sulfide) groups is 1. The Kier molecular flexibility index (Phi) is 4.39. The van der Waals surface area contributed by atoms with Crippen LogP contribution in [-0.4, -0.2) is 46.8 Å². The monoisotopic (exact) mass is 342 g/mol. The van der Waals surface area contributed by atoms with Gasteiger partial charge in [-0.1, -0.05) is 36.4 Å². The highest BCUT2D eigenvalue weighted by Gasteiger charge is 2.47. The summed E-state index contributed by atoms with van der Waals surface area (Å²) in [5.41, 5.74) is 3.31. The third-order valence-electron chi connectivity index (χ3n) is 5.43. The molecule has 24 heavy (non-hydrogen) atoms. The Balaban J connectivity index is 1.70. The lowest BCUT2D eigenvalue weighted by Gasteiger charge is -2.46. The average Bonchev–Trinajstić information content (AvgIpc) is 3.08. The van der Waals surface area contributed by atoms with Crippen molar-refractivity contribution in [3.8, 4) is 0 Å². The van der Waals surface area contributed by atoms with Crippen molar-refractivity contribution >= 4 is 22.6 Å². The summed E-state index contributed by atoms with van der Waals surface area (Å²) >= 11 is 1.69. The molecular weight excluding hydrogens is 316 g/mol. The molecule has 0 amide bonds. The number of hydrogen-bond acceptors (Lipinski definition) is 5. The van der Waals surface area contributed by atoms with Crippen LogP contribution in [0, 0.1) is 0 Å². The van der Waals surface area contributed by atoms with E-state index in [2.05, 4.69) is 47.7 Å². The summed E-state index contributed by atoms with van der Waals surface area (Å²) in [5, 5.41) is 4.52. The Bertz CT molecular complexity index is 667. The maximum atomic E-state index is 5.11. The minimum atomic E-state index is -0.267. The van der Waals surface area contributed by atoms with E-state index in [9.17, 15) is 0 Å². The van der Waals surface area contributed by atoms with Crippen LogP contribution in [0.25, 0.3) is 0 Å². The summed E-state index contributed by atoms with van der Waals surface area (Å²) in [7, 11) is 0. The van der Waals surface area contributed by atoms with Crippen LogP contribution >= 0.6 is 11.8 Å². The van der Waals surface area contributed by atoms with E-state index < -0.39 is 0 Å². The number of allylic oxidation sites excluding steroid dienone is 5. The largest absolute Gasteiger partial charge is 0.336 e. The first-order valence-corrected chi connectivity index (χ1v) is 10.3. The topological polar surface area (TPSA) is 40.0 Å². The van der Waals surface area contributed by atoms with Crippen molar-refractivity contribution in [1.29, 1.82) is 0 Å². The number of piperidine rings is 1. The number of amidine groups is 1. The average molecular weight is 343 g/mol. The van der Waals surface area contributed by atoms with Gasteiger partial charge in [0.2, 0.25) is 0 Å². The molecule has 5 heteroatoms. The van der Waals surface area contributed by atoms with Gasteiger partial charge in [-0.15, -0.1) is 0 Å². The van der Waals surface area contributed by atoms with Crippen LogP contribution in [0.5, 0.6) is 0 Å². The second-order valence-electron chi connectivity index (χ2n) is 7.04. The Morgan fingerprint density at radius 1 is 1.25 bits per heavy atom. The molecule has 0 aromatic rings. The molecule has 0 bridgehead atoms. The van der Waals surface area contributed by atoms with Crippen molar-refractivity contribution in [2.24, 2.45) is 9.98 Å². The molecule has 0 aromatic heterocycles. The molecule has 0 aromatic carbocycles. The molecule has 4 nitrogen and oxygen atoms in total. The van der Waals surface area contributed by atoms with Crippen molar-refractivity contribution in [3.63, 3.8) is 0 Å². The first-order valence-electron chi connectivity index (χ1n) is 9.03. The van der Waals surface area contributed by atoms with E-state index in [-0.39, 0.29) is 11.7 Å². The highest BCUT2D eigenvalue weighted by Crippen LogP contribution is 2.37. The Morgan fingerprint density at radius 3 is 2.79 bits per heavy atom. The summed E-state index contributed by atoms with van der Waals surface area (Å²) < 4.78 is 0. The molecule has 0 saturated carbocycles. The highest BCUT2D eigenvalue weighted by molar-refractivity contribution is 8.13. The van der Waals surface area contributed by atoms with E-state index in [0.717, 1.165) is 36.8 Å². The minimum absolute atomic E-state index is 0.0812. The molecule has 3 aliphatic heterocycles. The number of fused-ring (bicyclic) bond motifs is 1. The van der Waals surface area contributed by atoms with Gasteiger partial charge >= 0.3 is 0 Å². The molecule has 0 radical (unpaired) electrons.